The lowest BCUT2D eigenvalue weighted by molar-refractivity contribution is 0.568. The van der Waals surface area contributed by atoms with E-state index in [1.165, 1.54) is 18.6 Å². The van der Waals surface area contributed by atoms with Crippen molar-refractivity contribution in [2.45, 2.75) is 19.3 Å². The van der Waals surface area contributed by atoms with Gasteiger partial charge in [-0.25, -0.2) is 9.82 Å². The van der Waals surface area contributed by atoms with Crippen molar-refractivity contribution in [3.63, 3.8) is 0 Å². The van der Waals surface area contributed by atoms with E-state index < -0.39 is 0 Å². The Bertz CT molecular complexity index is 1070. The lowest BCUT2D eigenvalue weighted by Crippen LogP contribution is -2.31. The summed E-state index contributed by atoms with van der Waals surface area (Å²) in [5.74, 6) is 0.847. The first-order valence-corrected chi connectivity index (χ1v) is 10.6. The molecule has 4 rings (SSSR count). The lowest BCUT2D eigenvalue weighted by Gasteiger charge is -2.26. The molecule has 2 aromatic carbocycles. The SMILES string of the molecule is Fc1ccc(Nc2nc(N/N=C\c3cccc(Cl)c3Cl)nc(N3CCCCC3)n2)cc1. The van der Waals surface area contributed by atoms with E-state index in [1.807, 2.05) is 0 Å². The van der Waals surface area contributed by atoms with Crippen molar-refractivity contribution in [1.29, 1.82) is 0 Å². The number of hydrogen-bond acceptors (Lipinski definition) is 7. The largest absolute Gasteiger partial charge is 0.341 e. The molecule has 2 N–H and O–H groups in total. The van der Waals surface area contributed by atoms with Crippen molar-refractivity contribution in [1.82, 2.24) is 15.0 Å². The third kappa shape index (κ3) is 5.59. The van der Waals surface area contributed by atoms with Gasteiger partial charge in [-0.2, -0.15) is 20.1 Å². The highest BCUT2D eigenvalue weighted by Gasteiger charge is 2.16. The number of anilines is 4. The predicted molar refractivity (Wildman–Crippen MR) is 123 cm³/mol. The Morgan fingerprint density at radius 2 is 1.68 bits per heavy atom. The summed E-state index contributed by atoms with van der Waals surface area (Å²) in [6, 6.07) is 11.3. The first-order valence-electron chi connectivity index (χ1n) is 9.85. The highest BCUT2D eigenvalue weighted by molar-refractivity contribution is 6.43. The standard InChI is InChI=1S/C21H20Cl2FN7/c22-17-6-4-5-14(18(17)23)13-25-30-20-27-19(26-16-9-7-15(24)8-10-16)28-21(29-20)31-11-2-1-3-12-31/h4-10,13H,1-3,11-12H2,(H2,26,27,28,29,30)/b25-13-. The Hall–Kier alpha value is -2.97. The quantitative estimate of drug-likeness (QED) is 0.374. The van der Waals surface area contributed by atoms with E-state index in [1.54, 1.807) is 36.5 Å². The van der Waals surface area contributed by atoms with Gasteiger partial charge in [0.25, 0.3) is 0 Å². The fourth-order valence-corrected chi connectivity index (χ4v) is 3.50. The number of nitrogens with one attached hydrogen (secondary N) is 2. The molecule has 1 aliphatic rings. The number of hydrazone groups is 1. The first kappa shape index (κ1) is 21.3. The van der Waals surface area contributed by atoms with E-state index >= 15 is 0 Å². The van der Waals surface area contributed by atoms with Gasteiger partial charge in [0.15, 0.2) is 0 Å². The number of piperidine rings is 1. The molecule has 1 fully saturated rings. The van der Waals surface area contributed by atoms with E-state index in [-0.39, 0.29) is 11.8 Å². The summed E-state index contributed by atoms with van der Waals surface area (Å²) in [5.41, 5.74) is 4.16. The fourth-order valence-electron chi connectivity index (χ4n) is 3.15. The Labute approximate surface area is 189 Å². The van der Waals surface area contributed by atoms with Gasteiger partial charge in [-0.1, -0.05) is 35.3 Å². The minimum absolute atomic E-state index is 0.273. The Kier molecular flexibility index (Phi) is 6.79. The molecule has 0 saturated carbocycles. The molecule has 31 heavy (non-hydrogen) atoms. The van der Waals surface area contributed by atoms with Gasteiger partial charge in [-0.3, -0.25) is 0 Å². The van der Waals surface area contributed by atoms with Crippen molar-refractivity contribution in [2.75, 3.05) is 28.7 Å². The molecule has 0 spiro atoms. The molecule has 1 aliphatic heterocycles. The second-order valence-electron chi connectivity index (χ2n) is 6.98. The monoisotopic (exact) mass is 459 g/mol. The summed E-state index contributed by atoms with van der Waals surface area (Å²) >= 11 is 12.2. The molecule has 160 valence electrons. The van der Waals surface area contributed by atoms with Gasteiger partial charge in [0, 0.05) is 24.3 Å². The molecule has 0 radical (unpaired) electrons. The average Bonchev–Trinajstić information content (AvgIpc) is 2.79. The van der Waals surface area contributed by atoms with E-state index in [2.05, 4.69) is 35.7 Å². The minimum Gasteiger partial charge on any atom is -0.341 e. The zero-order chi connectivity index (χ0) is 21.6. The maximum atomic E-state index is 13.2. The lowest BCUT2D eigenvalue weighted by atomic mass is 10.1. The van der Waals surface area contributed by atoms with Gasteiger partial charge in [-0.05, 0) is 49.6 Å². The van der Waals surface area contributed by atoms with E-state index in [9.17, 15) is 4.39 Å². The molecule has 0 aliphatic carbocycles. The highest BCUT2D eigenvalue weighted by atomic mass is 35.5. The van der Waals surface area contributed by atoms with Crippen molar-refractivity contribution in [2.24, 2.45) is 5.10 Å². The van der Waals surface area contributed by atoms with Crippen molar-refractivity contribution < 1.29 is 4.39 Å². The third-order valence-corrected chi connectivity index (χ3v) is 5.55. The van der Waals surface area contributed by atoms with Crippen molar-refractivity contribution in [3.05, 3.63) is 63.9 Å². The number of aromatic nitrogens is 3. The minimum atomic E-state index is -0.313. The number of hydrogen-bond donors (Lipinski definition) is 2. The van der Waals surface area contributed by atoms with E-state index in [0.717, 1.165) is 25.9 Å². The molecule has 2 heterocycles. The second kappa shape index (κ2) is 9.89. The normalized spacial score (nSPS) is 14.1. The van der Waals surface area contributed by atoms with Gasteiger partial charge in [-0.15, -0.1) is 0 Å². The van der Waals surface area contributed by atoms with Crippen LogP contribution in [-0.2, 0) is 0 Å². The first-order chi connectivity index (χ1) is 15.1. The van der Waals surface area contributed by atoms with Crippen LogP contribution in [0.3, 0.4) is 0 Å². The van der Waals surface area contributed by atoms with Crippen LogP contribution < -0.4 is 15.6 Å². The second-order valence-corrected chi connectivity index (χ2v) is 7.76. The summed E-state index contributed by atoms with van der Waals surface area (Å²) < 4.78 is 13.2. The zero-order valence-corrected chi connectivity index (χ0v) is 18.0. The highest BCUT2D eigenvalue weighted by Crippen LogP contribution is 2.24. The van der Waals surface area contributed by atoms with Crippen LogP contribution in [-0.4, -0.2) is 34.3 Å². The van der Waals surface area contributed by atoms with E-state index in [0.29, 0.717) is 33.2 Å². The van der Waals surface area contributed by atoms with Gasteiger partial charge < -0.3 is 10.2 Å². The third-order valence-electron chi connectivity index (χ3n) is 4.71. The molecule has 1 aromatic heterocycles. The number of halogens is 3. The van der Waals surface area contributed by atoms with Crippen LogP contribution in [0.5, 0.6) is 0 Å². The number of rotatable bonds is 6. The van der Waals surface area contributed by atoms with Gasteiger partial charge >= 0.3 is 0 Å². The average molecular weight is 460 g/mol. The van der Waals surface area contributed by atoms with Crippen molar-refractivity contribution in [3.8, 4) is 0 Å². The molecule has 10 heteroatoms. The molecule has 3 aromatic rings. The molecule has 0 unspecified atom stereocenters. The van der Waals surface area contributed by atoms with Crippen LogP contribution in [0.2, 0.25) is 10.0 Å². The maximum absolute atomic E-state index is 13.2. The predicted octanol–water partition coefficient (Wildman–Crippen LogP) is 5.50. The molecule has 7 nitrogen and oxygen atoms in total. The van der Waals surface area contributed by atoms with Crippen LogP contribution in [0.25, 0.3) is 0 Å². The summed E-state index contributed by atoms with van der Waals surface area (Å²) in [6.07, 6.45) is 4.91. The van der Waals surface area contributed by atoms with Gasteiger partial charge in [0.1, 0.15) is 5.82 Å². The van der Waals surface area contributed by atoms with Crippen LogP contribution in [0.15, 0.2) is 47.6 Å². The van der Waals surface area contributed by atoms with Gasteiger partial charge in [0.2, 0.25) is 17.8 Å². The smallest absolute Gasteiger partial charge is 0.250 e. The summed E-state index contributed by atoms with van der Waals surface area (Å²) in [4.78, 5) is 15.5. The number of benzene rings is 2. The molecule has 0 bridgehead atoms. The summed E-state index contributed by atoms with van der Waals surface area (Å²) in [7, 11) is 0. The Morgan fingerprint density at radius 1 is 0.935 bits per heavy atom. The van der Waals surface area contributed by atoms with Crippen LogP contribution >= 0.6 is 23.2 Å². The van der Waals surface area contributed by atoms with Crippen LogP contribution in [0.1, 0.15) is 24.8 Å². The summed E-state index contributed by atoms with van der Waals surface area (Å²) in [6.45, 7) is 1.75. The fraction of sp³-hybridized carbons (Fsp3) is 0.238. The Morgan fingerprint density at radius 3 is 2.45 bits per heavy atom. The Balaban J connectivity index is 1.58. The van der Waals surface area contributed by atoms with Gasteiger partial charge in [0.05, 0.1) is 16.3 Å². The molecule has 1 saturated heterocycles. The molecular formula is C21H20Cl2FN7. The number of nitrogens with zero attached hydrogens (tertiary/aromatic N) is 5. The van der Waals surface area contributed by atoms with Crippen molar-refractivity contribution >= 4 is 52.9 Å². The molecular weight excluding hydrogens is 440 g/mol. The zero-order valence-electron chi connectivity index (χ0n) is 16.5. The topological polar surface area (TPSA) is 78.3 Å². The maximum Gasteiger partial charge on any atom is 0.250 e. The van der Waals surface area contributed by atoms with Crippen LogP contribution in [0.4, 0.5) is 27.9 Å². The van der Waals surface area contributed by atoms with E-state index in [4.69, 9.17) is 23.2 Å². The molecule has 0 amide bonds. The summed E-state index contributed by atoms with van der Waals surface area (Å²) in [5, 5.41) is 8.15. The molecule has 0 atom stereocenters. The van der Waals surface area contributed by atoms with Crippen LogP contribution in [0, 0.1) is 5.82 Å².